The molecule has 4 N–H and O–H groups in total. The number of hydrazine groups is 2. The number of pyridine rings is 1. The first-order valence-corrected chi connectivity index (χ1v) is 12.8. The van der Waals surface area contributed by atoms with Gasteiger partial charge in [-0.2, -0.15) is 10.5 Å². The number of nitrogens with one attached hydrogen (secondary N) is 4. The van der Waals surface area contributed by atoms with Gasteiger partial charge < -0.3 is 16.1 Å². The maximum absolute atomic E-state index is 9.79. The Kier molecular flexibility index (Phi) is 7.42. The van der Waals surface area contributed by atoms with E-state index >= 15 is 0 Å². The number of halogens is 1. The van der Waals surface area contributed by atoms with Crippen LogP contribution in [0.3, 0.4) is 0 Å². The molecule has 0 radical (unpaired) electrons. The molecule has 0 saturated heterocycles. The summed E-state index contributed by atoms with van der Waals surface area (Å²) in [6.07, 6.45) is 3.58. The van der Waals surface area contributed by atoms with Crippen LogP contribution < -0.4 is 21.6 Å². The zero-order valence-electron chi connectivity index (χ0n) is 22.6. The first-order valence-electron chi connectivity index (χ1n) is 12.4. The van der Waals surface area contributed by atoms with Crippen LogP contribution in [0, 0.1) is 28.1 Å². The quantitative estimate of drug-likeness (QED) is 0.299. The summed E-state index contributed by atoms with van der Waals surface area (Å²) in [5.41, 5.74) is 11.2. The van der Waals surface area contributed by atoms with Crippen LogP contribution >= 0.6 is 11.6 Å². The Morgan fingerprint density at radius 1 is 1.08 bits per heavy atom. The fourth-order valence-corrected chi connectivity index (χ4v) is 4.37. The molecule has 4 rings (SSSR count). The van der Waals surface area contributed by atoms with Gasteiger partial charge in [-0.15, -0.1) is 5.53 Å². The van der Waals surface area contributed by atoms with Crippen LogP contribution in [0.1, 0.15) is 64.3 Å². The fourth-order valence-electron chi connectivity index (χ4n) is 4.10. The molecule has 38 heavy (non-hydrogen) atoms. The molecule has 0 saturated carbocycles. The van der Waals surface area contributed by atoms with Crippen molar-refractivity contribution in [2.75, 3.05) is 17.2 Å². The van der Waals surface area contributed by atoms with Crippen molar-refractivity contribution in [3.63, 3.8) is 0 Å². The van der Waals surface area contributed by atoms with Gasteiger partial charge in [0.2, 0.25) is 0 Å². The molecule has 1 atom stereocenters. The number of rotatable bonds is 6. The minimum Gasteiger partial charge on any atom is -0.383 e. The van der Waals surface area contributed by atoms with Crippen molar-refractivity contribution in [2.45, 2.75) is 53.1 Å². The zero-order chi connectivity index (χ0) is 27.7. The van der Waals surface area contributed by atoms with Crippen LogP contribution in [0.4, 0.5) is 11.4 Å². The minimum absolute atomic E-state index is 0.00533. The van der Waals surface area contributed by atoms with Crippen molar-refractivity contribution in [2.24, 2.45) is 5.41 Å². The topological polar surface area (TPSA) is 112 Å². The predicted octanol–water partition coefficient (Wildman–Crippen LogP) is 6.21. The lowest BCUT2D eigenvalue weighted by molar-refractivity contribution is 0.138. The molecule has 0 amide bonds. The molecule has 3 aromatic rings. The predicted molar refractivity (Wildman–Crippen MR) is 153 cm³/mol. The lowest BCUT2D eigenvalue weighted by Gasteiger charge is -2.30. The van der Waals surface area contributed by atoms with E-state index in [1.54, 1.807) is 12.3 Å². The van der Waals surface area contributed by atoms with Crippen molar-refractivity contribution >= 4 is 33.9 Å². The van der Waals surface area contributed by atoms with Gasteiger partial charge in [0.1, 0.15) is 6.07 Å². The highest BCUT2D eigenvalue weighted by Gasteiger charge is 2.28. The summed E-state index contributed by atoms with van der Waals surface area (Å²) >= 11 is 6.73. The van der Waals surface area contributed by atoms with Crippen LogP contribution in [0.2, 0.25) is 5.02 Å². The van der Waals surface area contributed by atoms with Gasteiger partial charge in [-0.25, -0.2) is 0 Å². The molecular formula is C29H33ClN8. The SMILES string of the molecule is CC(C)(C)CNc1c(C#N)cnc2c(Cl)cc(NC(C3=CN(C(C)(C)C)NN3)c3cccc(C#N)c3)cc12. The highest BCUT2D eigenvalue weighted by Crippen LogP contribution is 2.36. The second-order valence-electron chi connectivity index (χ2n) is 11.6. The molecule has 2 aromatic carbocycles. The van der Waals surface area contributed by atoms with Crippen molar-refractivity contribution in [1.82, 2.24) is 21.0 Å². The normalized spacial score (nSPS) is 14.3. The van der Waals surface area contributed by atoms with Gasteiger partial charge in [-0.05, 0) is 56.0 Å². The molecule has 196 valence electrons. The summed E-state index contributed by atoms with van der Waals surface area (Å²) in [5, 5.41) is 29.6. The van der Waals surface area contributed by atoms with Crippen LogP contribution in [-0.4, -0.2) is 22.1 Å². The first-order chi connectivity index (χ1) is 17.9. The van der Waals surface area contributed by atoms with Gasteiger partial charge in [0.25, 0.3) is 0 Å². The molecule has 1 aliphatic heterocycles. The van der Waals surface area contributed by atoms with Crippen LogP contribution in [-0.2, 0) is 0 Å². The summed E-state index contributed by atoms with van der Waals surface area (Å²) in [6.45, 7) is 13.4. The monoisotopic (exact) mass is 528 g/mol. The van der Waals surface area contributed by atoms with E-state index in [1.165, 1.54) is 0 Å². The van der Waals surface area contributed by atoms with E-state index < -0.39 is 0 Å². The van der Waals surface area contributed by atoms with E-state index in [9.17, 15) is 10.5 Å². The summed E-state index contributed by atoms with van der Waals surface area (Å²) in [6, 6.07) is 15.5. The Balaban J connectivity index is 1.81. The van der Waals surface area contributed by atoms with Crippen LogP contribution in [0.15, 0.2) is 54.5 Å². The molecule has 0 aliphatic carbocycles. The number of aromatic nitrogens is 1. The number of nitrogens with zero attached hydrogens (tertiary/aromatic N) is 4. The van der Waals surface area contributed by atoms with E-state index in [1.807, 2.05) is 41.5 Å². The standard InChI is InChI=1S/C29H33ClN8/c1-28(2,3)17-34-25-20(14-32)15-33-27-22(25)11-21(12-23(27)30)35-26(19-9-7-8-18(10-19)13-31)24-16-38(37-36-24)29(4,5)6/h7-12,15-16,26,35-37H,17H2,1-6H3,(H,33,34). The number of nitriles is 2. The lowest BCUT2D eigenvalue weighted by Crippen LogP contribution is -2.47. The van der Waals surface area contributed by atoms with Crippen LogP contribution in [0.25, 0.3) is 10.9 Å². The largest absolute Gasteiger partial charge is 0.383 e. The molecule has 0 fully saturated rings. The molecule has 1 unspecified atom stereocenters. The Bertz CT molecular complexity index is 1470. The maximum Gasteiger partial charge on any atom is 0.103 e. The third-order valence-corrected chi connectivity index (χ3v) is 6.41. The smallest absolute Gasteiger partial charge is 0.103 e. The molecule has 1 aliphatic rings. The van der Waals surface area contributed by atoms with Crippen molar-refractivity contribution < 1.29 is 0 Å². The molecule has 0 spiro atoms. The third-order valence-electron chi connectivity index (χ3n) is 6.12. The number of hydrogen-bond acceptors (Lipinski definition) is 8. The van der Waals surface area contributed by atoms with Crippen LogP contribution in [0.5, 0.6) is 0 Å². The van der Waals surface area contributed by atoms with Gasteiger partial charge in [0.05, 0.1) is 45.2 Å². The minimum atomic E-state index is -0.324. The van der Waals surface area contributed by atoms with E-state index in [0.717, 1.165) is 22.3 Å². The van der Waals surface area contributed by atoms with Gasteiger partial charge in [0, 0.05) is 35.6 Å². The number of fused-ring (bicyclic) bond motifs is 1. The average Bonchev–Trinajstić information content (AvgIpc) is 3.36. The van der Waals surface area contributed by atoms with Gasteiger partial charge in [0.15, 0.2) is 0 Å². The fraction of sp³-hybridized carbons (Fsp3) is 0.345. The van der Waals surface area contributed by atoms with Crippen molar-refractivity contribution in [3.05, 3.63) is 76.2 Å². The average molecular weight is 529 g/mol. The van der Waals surface area contributed by atoms with Gasteiger partial charge in [-0.1, -0.05) is 44.5 Å². The number of anilines is 2. The second kappa shape index (κ2) is 10.4. The Hall–Kier alpha value is -3.98. The molecule has 8 nitrogen and oxygen atoms in total. The molecule has 1 aromatic heterocycles. The van der Waals surface area contributed by atoms with Gasteiger partial charge in [-0.3, -0.25) is 9.99 Å². The molecule has 9 heteroatoms. The number of benzene rings is 2. The summed E-state index contributed by atoms with van der Waals surface area (Å²) in [7, 11) is 0. The molecular weight excluding hydrogens is 496 g/mol. The summed E-state index contributed by atoms with van der Waals surface area (Å²) in [4.78, 5) is 4.47. The molecule has 0 bridgehead atoms. The van der Waals surface area contributed by atoms with E-state index in [0.29, 0.717) is 33.9 Å². The zero-order valence-corrected chi connectivity index (χ0v) is 23.3. The van der Waals surface area contributed by atoms with E-state index in [-0.39, 0.29) is 17.0 Å². The Labute approximate surface area is 229 Å². The first kappa shape index (κ1) is 27.1. The molecule has 2 heterocycles. The van der Waals surface area contributed by atoms with Crippen molar-refractivity contribution in [3.8, 4) is 12.1 Å². The maximum atomic E-state index is 9.79. The van der Waals surface area contributed by atoms with E-state index in [2.05, 4.69) is 80.3 Å². The van der Waals surface area contributed by atoms with Gasteiger partial charge >= 0.3 is 0 Å². The summed E-state index contributed by atoms with van der Waals surface area (Å²) < 4.78 is 0. The Morgan fingerprint density at radius 3 is 2.47 bits per heavy atom. The number of hydrogen-bond donors (Lipinski definition) is 4. The summed E-state index contributed by atoms with van der Waals surface area (Å²) in [5.74, 6) is 0. The Morgan fingerprint density at radius 2 is 1.84 bits per heavy atom. The third kappa shape index (κ3) is 5.94. The second-order valence-corrected chi connectivity index (χ2v) is 12.0. The highest BCUT2D eigenvalue weighted by atomic mass is 35.5. The van der Waals surface area contributed by atoms with E-state index in [4.69, 9.17) is 11.6 Å². The highest BCUT2D eigenvalue weighted by molar-refractivity contribution is 6.35. The van der Waals surface area contributed by atoms with Crippen molar-refractivity contribution in [1.29, 1.82) is 10.5 Å². The lowest BCUT2D eigenvalue weighted by atomic mass is 9.96.